The van der Waals surface area contributed by atoms with E-state index in [9.17, 15) is 9.59 Å². The number of anilines is 2. The van der Waals surface area contributed by atoms with E-state index in [4.69, 9.17) is 10.5 Å². The van der Waals surface area contributed by atoms with Crippen LogP contribution in [0.4, 0.5) is 16.2 Å². The Morgan fingerprint density at radius 1 is 1.48 bits per heavy atom. The number of carbonyl (C=O) groups excluding carboxylic acids is 2. The van der Waals surface area contributed by atoms with E-state index in [1.807, 2.05) is 13.8 Å². The molecule has 1 unspecified atom stereocenters. The maximum atomic E-state index is 12.0. The van der Waals surface area contributed by atoms with Crippen LogP contribution >= 0.6 is 0 Å². The van der Waals surface area contributed by atoms with Gasteiger partial charge in [0.15, 0.2) is 0 Å². The largest absolute Gasteiger partial charge is 0.447 e. The van der Waals surface area contributed by atoms with Crippen molar-refractivity contribution in [3.63, 3.8) is 0 Å². The number of ether oxygens (including phenoxy) is 1. The predicted molar refractivity (Wildman–Crippen MR) is 81.2 cm³/mol. The first kappa shape index (κ1) is 15.3. The second-order valence-corrected chi connectivity index (χ2v) is 5.54. The summed E-state index contributed by atoms with van der Waals surface area (Å²) >= 11 is 0. The summed E-state index contributed by atoms with van der Waals surface area (Å²) in [5.41, 5.74) is 7.17. The van der Waals surface area contributed by atoms with E-state index in [-0.39, 0.29) is 12.0 Å². The summed E-state index contributed by atoms with van der Waals surface area (Å²) in [6, 6.07) is 6.56. The lowest BCUT2D eigenvalue weighted by Crippen LogP contribution is -2.36. The first-order chi connectivity index (χ1) is 9.97. The first-order valence-electron chi connectivity index (χ1n) is 7.08. The minimum Gasteiger partial charge on any atom is -0.447 e. The van der Waals surface area contributed by atoms with E-state index in [0.717, 1.165) is 0 Å². The number of amides is 2. The van der Waals surface area contributed by atoms with Crippen LogP contribution in [0.3, 0.4) is 0 Å². The molecule has 0 aromatic heterocycles. The number of hydrogen-bond acceptors (Lipinski definition) is 4. The normalized spacial score (nSPS) is 16.0. The van der Waals surface area contributed by atoms with Crippen molar-refractivity contribution >= 4 is 23.4 Å². The molecule has 0 aliphatic carbocycles. The molecular formula is C15H21N3O3. The van der Waals surface area contributed by atoms with Gasteiger partial charge in [-0.2, -0.15) is 0 Å². The third-order valence-electron chi connectivity index (χ3n) is 3.25. The quantitative estimate of drug-likeness (QED) is 0.868. The molecule has 114 valence electrons. The van der Waals surface area contributed by atoms with Gasteiger partial charge in [-0.15, -0.1) is 0 Å². The Balaban J connectivity index is 2.04. The van der Waals surface area contributed by atoms with Crippen molar-refractivity contribution in [1.29, 1.82) is 0 Å². The summed E-state index contributed by atoms with van der Waals surface area (Å²) in [5, 5.41) is 2.78. The molecule has 1 aromatic carbocycles. The zero-order chi connectivity index (χ0) is 15.4. The van der Waals surface area contributed by atoms with Gasteiger partial charge in [0.1, 0.15) is 6.61 Å². The van der Waals surface area contributed by atoms with Gasteiger partial charge in [-0.3, -0.25) is 9.69 Å². The van der Waals surface area contributed by atoms with Crippen molar-refractivity contribution < 1.29 is 14.3 Å². The molecule has 1 aliphatic rings. The van der Waals surface area contributed by atoms with Gasteiger partial charge in [0, 0.05) is 11.4 Å². The van der Waals surface area contributed by atoms with E-state index in [2.05, 4.69) is 5.32 Å². The fourth-order valence-corrected chi connectivity index (χ4v) is 2.23. The number of rotatable bonds is 5. The van der Waals surface area contributed by atoms with Crippen LogP contribution in [-0.2, 0) is 9.53 Å². The highest BCUT2D eigenvalue weighted by Crippen LogP contribution is 2.22. The van der Waals surface area contributed by atoms with Gasteiger partial charge >= 0.3 is 6.09 Å². The molecule has 0 radical (unpaired) electrons. The molecule has 1 aliphatic heterocycles. The minimum atomic E-state index is -0.537. The summed E-state index contributed by atoms with van der Waals surface area (Å²) in [6.07, 6.45) is 0.263. The van der Waals surface area contributed by atoms with Gasteiger partial charge in [0.2, 0.25) is 5.91 Å². The molecule has 6 nitrogen and oxygen atoms in total. The lowest BCUT2D eigenvalue weighted by atomic mass is 10.0. The number of hydrogen-bond donors (Lipinski definition) is 2. The van der Waals surface area contributed by atoms with Crippen LogP contribution < -0.4 is 16.0 Å². The molecule has 0 spiro atoms. The molecule has 1 saturated heterocycles. The van der Waals surface area contributed by atoms with Crippen molar-refractivity contribution in [2.75, 3.05) is 23.4 Å². The molecule has 1 fully saturated rings. The number of carbonyl (C=O) groups is 2. The lowest BCUT2D eigenvalue weighted by molar-refractivity contribution is -0.117. The highest BCUT2D eigenvalue weighted by atomic mass is 16.6. The summed E-state index contributed by atoms with van der Waals surface area (Å²) in [6.45, 7) is 4.94. The second-order valence-electron chi connectivity index (χ2n) is 5.54. The molecule has 6 heteroatoms. The third kappa shape index (κ3) is 3.95. The Hall–Kier alpha value is -2.08. The Labute approximate surface area is 124 Å². The van der Waals surface area contributed by atoms with Gasteiger partial charge in [0.05, 0.1) is 12.6 Å². The number of benzene rings is 1. The summed E-state index contributed by atoms with van der Waals surface area (Å²) in [7, 11) is 0. The Bertz CT molecular complexity index is 531. The number of nitrogens with zero attached hydrogens (tertiary/aromatic N) is 1. The van der Waals surface area contributed by atoms with Crippen LogP contribution in [0, 0.1) is 5.92 Å². The smallest absolute Gasteiger partial charge is 0.414 e. The predicted octanol–water partition coefficient (Wildman–Crippen LogP) is 1.96. The maximum Gasteiger partial charge on any atom is 0.414 e. The maximum absolute atomic E-state index is 12.0. The van der Waals surface area contributed by atoms with Gasteiger partial charge < -0.3 is 15.8 Å². The molecule has 0 saturated carbocycles. The van der Waals surface area contributed by atoms with Crippen molar-refractivity contribution in [3.05, 3.63) is 24.3 Å². The van der Waals surface area contributed by atoms with Crippen LogP contribution in [0.25, 0.3) is 0 Å². The van der Waals surface area contributed by atoms with Crippen molar-refractivity contribution in [3.8, 4) is 0 Å². The van der Waals surface area contributed by atoms with E-state index in [0.29, 0.717) is 36.9 Å². The second kappa shape index (κ2) is 6.58. The average molecular weight is 291 g/mol. The minimum absolute atomic E-state index is 0.218. The fourth-order valence-electron chi connectivity index (χ4n) is 2.23. The molecule has 21 heavy (non-hydrogen) atoms. The zero-order valence-electron chi connectivity index (χ0n) is 12.3. The van der Waals surface area contributed by atoms with Crippen molar-refractivity contribution in [1.82, 2.24) is 0 Å². The highest BCUT2D eigenvalue weighted by molar-refractivity contribution is 5.96. The standard InChI is InChI=1S/C15H21N3O3/c1-10(2)8-13(16)14(19)17-11-4-3-5-12(9-11)18-6-7-21-15(18)20/h3-5,9-10,13H,6-8,16H2,1-2H3,(H,17,19). The SMILES string of the molecule is CC(C)CC(N)C(=O)Nc1cccc(N2CCOC2=O)c1. The summed E-state index contributed by atoms with van der Waals surface area (Å²) < 4.78 is 4.90. The fraction of sp³-hybridized carbons (Fsp3) is 0.467. The number of nitrogens with two attached hydrogens (primary N) is 1. The highest BCUT2D eigenvalue weighted by Gasteiger charge is 2.24. The molecule has 3 N–H and O–H groups in total. The molecule has 2 amide bonds. The van der Waals surface area contributed by atoms with E-state index in [1.165, 1.54) is 4.90 Å². The van der Waals surface area contributed by atoms with E-state index >= 15 is 0 Å². The van der Waals surface area contributed by atoms with E-state index in [1.54, 1.807) is 24.3 Å². The summed E-state index contributed by atoms with van der Waals surface area (Å²) in [5.74, 6) is 0.140. The number of cyclic esters (lactones) is 1. The first-order valence-corrected chi connectivity index (χ1v) is 7.08. The van der Waals surface area contributed by atoms with Crippen LogP contribution in [0.2, 0.25) is 0 Å². The van der Waals surface area contributed by atoms with Gasteiger partial charge in [-0.1, -0.05) is 19.9 Å². The third-order valence-corrected chi connectivity index (χ3v) is 3.25. The van der Waals surface area contributed by atoms with Crippen LogP contribution in [0.1, 0.15) is 20.3 Å². The monoisotopic (exact) mass is 291 g/mol. The molecule has 1 aromatic rings. The van der Waals surface area contributed by atoms with Gasteiger partial charge in [-0.25, -0.2) is 4.79 Å². The van der Waals surface area contributed by atoms with Crippen LogP contribution in [0.5, 0.6) is 0 Å². The molecule has 0 bridgehead atoms. The molecular weight excluding hydrogens is 270 g/mol. The van der Waals surface area contributed by atoms with Gasteiger partial charge in [-0.05, 0) is 30.5 Å². The van der Waals surface area contributed by atoms with Crippen LogP contribution in [0.15, 0.2) is 24.3 Å². The van der Waals surface area contributed by atoms with Crippen molar-refractivity contribution in [2.45, 2.75) is 26.3 Å². The molecule has 2 rings (SSSR count). The Kier molecular flexibility index (Phi) is 4.80. The van der Waals surface area contributed by atoms with Crippen molar-refractivity contribution in [2.24, 2.45) is 11.7 Å². The topological polar surface area (TPSA) is 84.7 Å². The number of nitrogens with one attached hydrogen (secondary N) is 1. The van der Waals surface area contributed by atoms with Gasteiger partial charge in [0.25, 0.3) is 0 Å². The van der Waals surface area contributed by atoms with E-state index < -0.39 is 6.04 Å². The molecule has 1 atom stereocenters. The Morgan fingerprint density at radius 2 is 2.24 bits per heavy atom. The zero-order valence-corrected chi connectivity index (χ0v) is 12.3. The van der Waals surface area contributed by atoms with Crippen LogP contribution in [-0.4, -0.2) is 31.2 Å². The lowest BCUT2D eigenvalue weighted by Gasteiger charge is -2.16. The molecule has 1 heterocycles. The average Bonchev–Trinajstić information content (AvgIpc) is 2.84. The summed E-state index contributed by atoms with van der Waals surface area (Å²) in [4.78, 5) is 25.1. The Morgan fingerprint density at radius 3 is 2.86 bits per heavy atom.